The summed E-state index contributed by atoms with van der Waals surface area (Å²) >= 11 is 0. The van der Waals surface area contributed by atoms with E-state index < -0.39 is 49.5 Å². The number of hydrogen-bond donors (Lipinski definition) is 6. The smallest absolute Gasteiger partial charge is 0.220 e. The highest BCUT2D eigenvalue weighted by atomic mass is 16.7. The summed E-state index contributed by atoms with van der Waals surface area (Å²) in [6, 6.07) is -0.801. The van der Waals surface area contributed by atoms with Gasteiger partial charge in [0, 0.05) is 6.42 Å². The molecule has 0 aromatic heterocycles. The fourth-order valence-electron chi connectivity index (χ4n) is 10.4. The van der Waals surface area contributed by atoms with Crippen LogP contribution in [0, 0.1) is 0 Å². The lowest BCUT2D eigenvalue weighted by molar-refractivity contribution is -0.302. The van der Waals surface area contributed by atoms with Crippen molar-refractivity contribution < 1.29 is 39.8 Å². The molecule has 0 radical (unpaired) electrons. The van der Waals surface area contributed by atoms with Crippen molar-refractivity contribution >= 4 is 5.91 Å². The molecule has 9 heteroatoms. The van der Waals surface area contributed by atoms with E-state index >= 15 is 0 Å². The summed E-state index contributed by atoms with van der Waals surface area (Å²) in [6.45, 7) is 3.83. The van der Waals surface area contributed by atoms with E-state index in [1.165, 1.54) is 263 Å². The highest BCUT2D eigenvalue weighted by Gasteiger charge is 2.44. The first-order valence-electron chi connectivity index (χ1n) is 31.4. The molecule has 422 valence electrons. The molecule has 6 N–H and O–H groups in total. The number of carbonyl (C=O) groups excluding carboxylic acids is 1. The van der Waals surface area contributed by atoms with Crippen molar-refractivity contribution in [1.29, 1.82) is 0 Å². The average molecular weight is 1010 g/mol. The normalized spacial score (nSPS) is 19.2. The van der Waals surface area contributed by atoms with E-state index in [2.05, 4.69) is 19.2 Å². The molecule has 1 aliphatic rings. The van der Waals surface area contributed by atoms with E-state index in [0.717, 1.165) is 38.5 Å². The lowest BCUT2D eigenvalue weighted by Gasteiger charge is -2.40. The molecule has 1 rings (SSSR count). The lowest BCUT2D eigenvalue weighted by atomic mass is 9.99. The van der Waals surface area contributed by atoms with Gasteiger partial charge in [0.1, 0.15) is 24.4 Å². The molecule has 0 aromatic rings. The number of carbonyl (C=O) groups is 1. The Morgan fingerprint density at radius 2 is 0.775 bits per heavy atom. The first-order chi connectivity index (χ1) is 34.8. The van der Waals surface area contributed by atoms with Gasteiger partial charge in [-0.05, 0) is 19.3 Å². The third-order valence-electron chi connectivity index (χ3n) is 15.4. The fourth-order valence-corrected chi connectivity index (χ4v) is 10.4. The molecule has 1 amide bonds. The van der Waals surface area contributed by atoms with Gasteiger partial charge in [-0.2, -0.15) is 0 Å². The van der Waals surface area contributed by atoms with Crippen molar-refractivity contribution in [2.24, 2.45) is 0 Å². The van der Waals surface area contributed by atoms with Crippen LogP contribution in [0.1, 0.15) is 322 Å². The quantitative estimate of drug-likeness (QED) is 0.0261. The molecule has 0 bridgehead atoms. The third-order valence-corrected chi connectivity index (χ3v) is 15.4. The summed E-state index contributed by atoms with van der Waals surface area (Å²) in [5, 5.41) is 54.6. The minimum atomic E-state index is -1.56. The van der Waals surface area contributed by atoms with Gasteiger partial charge in [0.15, 0.2) is 6.29 Å². The zero-order valence-electron chi connectivity index (χ0n) is 47.0. The minimum absolute atomic E-state index is 0.168. The Hall–Kier alpha value is -1.07. The van der Waals surface area contributed by atoms with Crippen LogP contribution in [-0.4, -0.2) is 87.5 Å². The van der Waals surface area contributed by atoms with E-state index in [0.29, 0.717) is 6.42 Å². The molecule has 1 aliphatic heterocycles. The van der Waals surface area contributed by atoms with Crippen LogP contribution in [0.25, 0.3) is 0 Å². The molecule has 9 nitrogen and oxygen atoms in total. The Morgan fingerprint density at radius 3 is 1.10 bits per heavy atom. The number of aliphatic hydroxyl groups excluding tert-OH is 5. The first-order valence-corrected chi connectivity index (χ1v) is 31.4. The number of aliphatic hydroxyl groups is 5. The van der Waals surface area contributed by atoms with Crippen LogP contribution in [0.3, 0.4) is 0 Å². The summed E-state index contributed by atoms with van der Waals surface area (Å²) in [6.07, 6.45) is 58.6. The van der Waals surface area contributed by atoms with Gasteiger partial charge in [0.25, 0.3) is 0 Å². The van der Waals surface area contributed by atoms with Crippen molar-refractivity contribution in [3.05, 3.63) is 12.2 Å². The molecule has 0 saturated carbocycles. The van der Waals surface area contributed by atoms with Crippen molar-refractivity contribution in [3.8, 4) is 0 Å². The van der Waals surface area contributed by atoms with E-state index in [9.17, 15) is 30.3 Å². The topological polar surface area (TPSA) is 149 Å². The van der Waals surface area contributed by atoms with Gasteiger partial charge in [-0.25, -0.2) is 0 Å². The summed E-state index contributed by atoms with van der Waals surface area (Å²) in [5.41, 5.74) is 0. The number of rotatable bonds is 55. The van der Waals surface area contributed by atoms with Crippen LogP contribution in [0.4, 0.5) is 0 Å². The van der Waals surface area contributed by atoms with Crippen LogP contribution < -0.4 is 5.32 Å². The number of ether oxygens (including phenoxy) is 2. The Labute approximate surface area is 439 Å². The Balaban J connectivity index is 2.16. The molecule has 7 unspecified atom stereocenters. The van der Waals surface area contributed by atoms with Crippen LogP contribution in [0.5, 0.6) is 0 Å². The largest absolute Gasteiger partial charge is 0.394 e. The summed E-state index contributed by atoms with van der Waals surface area (Å²) in [5.74, 6) is -0.168. The SMILES string of the molecule is CCCCCCCCCCCCCCCCCCCCC/C=C/C(O)C(COC1OC(CO)C(O)C(O)C1O)NC(=O)CCCCCCCCCCCCCCCCCCCCCCCCCCCCC. The van der Waals surface area contributed by atoms with Gasteiger partial charge >= 0.3 is 0 Å². The monoisotopic (exact) mass is 1010 g/mol. The number of allylic oxidation sites excluding steroid dienone is 1. The summed E-state index contributed by atoms with van der Waals surface area (Å²) in [7, 11) is 0. The molecule has 7 atom stereocenters. The average Bonchev–Trinajstić information content (AvgIpc) is 3.37. The number of amides is 1. The molecule has 71 heavy (non-hydrogen) atoms. The van der Waals surface area contributed by atoms with Gasteiger partial charge in [-0.15, -0.1) is 0 Å². The van der Waals surface area contributed by atoms with Crippen molar-refractivity contribution in [3.63, 3.8) is 0 Å². The number of unbranched alkanes of at least 4 members (excludes halogenated alkanes) is 45. The van der Waals surface area contributed by atoms with E-state index in [4.69, 9.17) is 9.47 Å². The van der Waals surface area contributed by atoms with Crippen LogP contribution in [0.2, 0.25) is 0 Å². The fraction of sp³-hybridized carbons (Fsp3) is 0.952. The zero-order chi connectivity index (χ0) is 51.5. The second-order valence-electron chi connectivity index (χ2n) is 22.2. The number of hydrogen-bond acceptors (Lipinski definition) is 8. The molecule has 1 heterocycles. The zero-order valence-corrected chi connectivity index (χ0v) is 47.0. The summed E-state index contributed by atoms with van der Waals surface area (Å²) in [4.78, 5) is 13.1. The van der Waals surface area contributed by atoms with Gasteiger partial charge in [-0.1, -0.05) is 309 Å². The van der Waals surface area contributed by atoms with Crippen molar-refractivity contribution in [2.75, 3.05) is 13.2 Å². The predicted molar refractivity (Wildman–Crippen MR) is 300 cm³/mol. The number of nitrogens with one attached hydrogen (secondary N) is 1. The van der Waals surface area contributed by atoms with Crippen LogP contribution >= 0.6 is 0 Å². The first kappa shape index (κ1) is 67.9. The molecule has 1 fully saturated rings. The van der Waals surface area contributed by atoms with Crippen molar-refractivity contribution in [2.45, 2.75) is 365 Å². The van der Waals surface area contributed by atoms with E-state index in [-0.39, 0.29) is 12.5 Å². The standard InChI is InChI=1S/C62H121NO8/c1-3-5-7-9-11-13-15-17-19-21-23-25-26-27-28-29-30-32-34-36-38-40-42-44-46-48-50-52-58(66)63-55(54-70-62-61(69)60(68)59(67)57(53-64)71-62)56(65)51-49-47-45-43-41-39-37-35-33-31-24-22-20-18-16-14-12-10-8-6-4-2/h49,51,55-57,59-62,64-65,67-69H,3-48,50,52-54H2,1-2H3,(H,63,66)/b51-49+. The maximum Gasteiger partial charge on any atom is 0.220 e. The van der Waals surface area contributed by atoms with E-state index in [1.807, 2.05) is 6.08 Å². The molecule has 1 saturated heterocycles. The maximum absolute atomic E-state index is 13.1. The lowest BCUT2D eigenvalue weighted by Crippen LogP contribution is -2.60. The predicted octanol–water partition coefficient (Wildman–Crippen LogP) is 16.0. The molecular weight excluding hydrogens is 887 g/mol. The molecule has 0 aromatic carbocycles. The van der Waals surface area contributed by atoms with Crippen LogP contribution in [-0.2, 0) is 14.3 Å². The minimum Gasteiger partial charge on any atom is -0.394 e. The molecular formula is C62H121NO8. The molecule has 0 aliphatic carbocycles. The molecule has 0 spiro atoms. The van der Waals surface area contributed by atoms with Crippen molar-refractivity contribution in [1.82, 2.24) is 5.32 Å². The van der Waals surface area contributed by atoms with Gasteiger partial charge < -0.3 is 40.3 Å². The second kappa shape index (κ2) is 52.4. The Kier molecular flexibility index (Phi) is 50.1. The maximum atomic E-state index is 13.1. The van der Waals surface area contributed by atoms with E-state index in [1.54, 1.807) is 6.08 Å². The van der Waals surface area contributed by atoms with Gasteiger partial charge in [-0.3, -0.25) is 4.79 Å². The third kappa shape index (κ3) is 41.8. The summed E-state index contributed by atoms with van der Waals surface area (Å²) < 4.78 is 11.3. The van der Waals surface area contributed by atoms with Gasteiger partial charge in [0.05, 0.1) is 25.4 Å². The second-order valence-corrected chi connectivity index (χ2v) is 22.2. The van der Waals surface area contributed by atoms with Crippen LogP contribution in [0.15, 0.2) is 12.2 Å². The Bertz CT molecular complexity index is 1120. The Morgan fingerprint density at radius 1 is 0.465 bits per heavy atom. The highest BCUT2D eigenvalue weighted by molar-refractivity contribution is 5.76. The van der Waals surface area contributed by atoms with Gasteiger partial charge in [0.2, 0.25) is 5.91 Å². The highest BCUT2D eigenvalue weighted by Crippen LogP contribution is 2.23.